The summed E-state index contributed by atoms with van der Waals surface area (Å²) in [6, 6.07) is 13.9. The Kier molecular flexibility index (Phi) is 6.31. The van der Waals surface area contributed by atoms with Crippen LogP contribution in [0, 0.1) is 11.6 Å². The summed E-state index contributed by atoms with van der Waals surface area (Å²) in [5.41, 5.74) is -0.135. The van der Waals surface area contributed by atoms with Gasteiger partial charge < -0.3 is 0 Å². The van der Waals surface area contributed by atoms with Crippen molar-refractivity contribution in [2.45, 2.75) is 4.90 Å². The first-order valence-corrected chi connectivity index (χ1v) is 10.8. The molecule has 3 rings (SSSR count). The Morgan fingerprint density at radius 1 is 0.931 bits per heavy atom. The fourth-order valence-corrected chi connectivity index (χ4v) is 4.29. The van der Waals surface area contributed by atoms with Crippen molar-refractivity contribution >= 4 is 49.2 Å². The third kappa shape index (κ3) is 4.80. The van der Waals surface area contributed by atoms with Crippen molar-refractivity contribution in [2.24, 2.45) is 0 Å². The van der Waals surface area contributed by atoms with Gasteiger partial charge in [0, 0.05) is 26.7 Å². The van der Waals surface area contributed by atoms with E-state index in [0.29, 0.717) is 15.6 Å². The highest BCUT2D eigenvalue weighted by atomic mass is 79.9. The Balaban J connectivity index is 2.20. The standard InChI is InChI=1S/C21H12BrClF2O3S/c22-15-4-1-13(2-5-15)21(26)20(11-14-3-8-17(24)12-19(14)25)29(27,28)18-9-6-16(23)7-10-18/h1-12H/b20-11+. The second-order valence-electron chi connectivity index (χ2n) is 5.97. The lowest BCUT2D eigenvalue weighted by Gasteiger charge is -2.10. The zero-order valence-electron chi connectivity index (χ0n) is 14.6. The number of hydrogen-bond acceptors (Lipinski definition) is 3. The first-order chi connectivity index (χ1) is 13.7. The maximum Gasteiger partial charge on any atom is 0.210 e. The molecule has 0 amide bonds. The van der Waals surface area contributed by atoms with Crippen molar-refractivity contribution in [3.8, 4) is 0 Å². The number of carbonyl (C=O) groups excluding carboxylic acids is 1. The molecule has 3 aromatic carbocycles. The topological polar surface area (TPSA) is 51.2 Å². The number of hydrogen-bond donors (Lipinski definition) is 0. The molecule has 0 aromatic heterocycles. The van der Waals surface area contributed by atoms with Crippen molar-refractivity contribution in [3.05, 3.63) is 104 Å². The quantitative estimate of drug-likeness (QED) is 0.317. The van der Waals surface area contributed by atoms with E-state index < -0.39 is 32.2 Å². The van der Waals surface area contributed by atoms with Crippen LogP contribution in [0.4, 0.5) is 8.78 Å². The van der Waals surface area contributed by atoms with Crippen molar-refractivity contribution in [1.29, 1.82) is 0 Å². The minimum absolute atomic E-state index is 0.0968. The summed E-state index contributed by atoms with van der Waals surface area (Å²) in [5, 5.41) is 0.318. The molecule has 0 spiro atoms. The largest absolute Gasteiger partial charge is 0.288 e. The normalized spacial score (nSPS) is 12.1. The summed E-state index contributed by atoms with van der Waals surface area (Å²) < 4.78 is 54.4. The second-order valence-corrected chi connectivity index (χ2v) is 9.24. The van der Waals surface area contributed by atoms with E-state index in [9.17, 15) is 22.0 Å². The van der Waals surface area contributed by atoms with Gasteiger partial charge in [-0.15, -0.1) is 0 Å². The van der Waals surface area contributed by atoms with Crippen LogP contribution in [0.3, 0.4) is 0 Å². The third-order valence-electron chi connectivity index (χ3n) is 3.99. The molecule has 0 radical (unpaired) electrons. The zero-order valence-corrected chi connectivity index (χ0v) is 17.7. The average Bonchev–Trinajstić information content (AvgIpc) is 2.67. The first kappa shape index (κ1) is 21.4. The highest BCUT2D eigenvalue weighted by Gasteiger charge is 2.28. The summed E-state index contributed by atoms with van der Waals surface area (Å²) in [4.78, 5) is 12.2. The number of ketones is 1. The van der Waals surface area contributed by atoms with Gasteiger partial charge >= 0.3 is 0 Å². The lowest BCUT2D eigenvalue weighted by Crippen LogP contribution is -2.14. The summed E-state index contributed by atoms with van der Waals surface area (Å²) in [5.74, 6) is -2.63. The Hall–Kier alpha value is -2.35. The van der Waals surface area contributed by atoms with E-state index in [-0.39, 0.29) is 16.0 Å². The summed E-state index contributed by atoms with van der Waals surface area (Å²) in [6.07, 6.45) is 0.906. The Morgan fingerprint density at radius 3 is 2.14 bits per heavy atom. The predicted molar refractivity (Wildman–Crippen MR) is 111 cm³/mol. The molecule has 0 aliphatic heterocycles. The van der Waals surface area contributed by atoms with Crippen LogP contribution < -0.4 is 0 Å². The molecule has 0 unspecified atom stereocenters. The van der Waals surface area contributed by atoms with E-state index in [0.717, 1.165) is 18.2 Å². The van der Waals surface area contributed by atoms with Crippen LogP contribution in [-0.2, 0) is 9.84 Å². The van der Waals surface area contributed by atoms with E-state index >= 15 is 0 Å². The number of Topliss-reactive ketones (excluding diaryl/α,β-unsaturated/α-hetero) is 1. The van der Waals surface area contributed by atoms with Gasteiger partial charge in [0.25, 0.3) is 0 Å². The lowest BCUT2D eigenvalue weighted by atomic mass is 10.1. The summed E-state index contributed by atoms with van der Waals surface area (Å²) >= 11 is 9.06. The van der Waals surface area contributed by atoms with Gasteiger partial charge in [0.2, 0.25) is 15.6 Å². The average molecular weight is 498 g/mol. The molecule has 29 heavy (non-hydrogen) atoms. The molecule has 0 N–H and O–H groups in total. The highest BCUT2D eigenvalue weighted by Crippen LogP contribution is 2.27. The smallest absolute Gasteiger partial charge is 0.210 e. The number of rotatable bonds is 5. The zero-order chi connectivity index (χ0) is 21.2. The molecule has 0 atom stereocenters. The van der Waals surface area contributed by atoms with Gasteiger partial charge in [-0.25, -0.2) is 17.2 Å². The predicted octanol–water partition coefficient (Wildman–Crippen LogP) is 6.08. The van der Waals surface area contributed by atoms with E-state index in [1.165, 1.54) is 36.4 Å². The van der Waals surface area contributed by atoms with Gasteiger partial charge in [0.15, 0.2) is 0 Å². The fraction of sp³-hybridized carbons (Fsp3) is 0. The Bertz CT molecular complexity index is 1210. The van der Waals surface area contributed by atoms with Gasteiger partial charge in [-0.3, -0.25) is 4.79 Å². The van der Waals surface area contributed by atoms with Crippen LogP contribution in [0.2, 0.25) is 5.02 Å². The summed E-state index contributed by atoms with van der Waals surface area (Å²) in [7, 11) is -4.32. The third-order valence-corrected chi connectivity index (χ3v) is 6.55. The SMILES string of the molecule is O=C(/C(=C\c1ccc(F)cc1F)S(=O)(=O)c1ccc(Cl)cc1)c1ccc(Br)cc1. The molecule has 0 bridgehead atoms. The highest BCUT2D eigenvalue weighted by molar-refractivity contribution is 9.10. The minimum atomic E-state index is -4.32. The molecule has 0 aliphatic carbocycles. The molecule has 0 heterocycles. The van der Waals surface area contributed by atoms with Crippen LogP contribution in [0.15, 0.2) is 81.0 Å². The van der Waals surface area contributed by atoms with Crippen molar-refractivity contribution < 1.29 is 22.0 Å². The number of sulfone groups is 1. The molecular weight excluding hydrogens is 486 g/mol. The molecule has 0 saturated heterocycles. The maximum absolute atomic E-state index is 14.2. The van der Waals surface area contributed by atoms with Gasteiger partial charge in [-0.2, -0.15) is 0 Å². The summed E-state index contributed by atoms with van der Waals surface area (Å²) in [6.45, 7) is 0. The minimum Gasteiger partial charge on any atom is -0.288 e. The van der Waals surface area contributed by atoms with E-state index in [2.05, 4.69) is 15.9 Å². The fourth-order valence-electron chi connectivity index (χ4n) is 2.51. The second kappa shape index (κ2) is 8.57. The number of benzene rings is 3. The number of allylic oxidation sites excluding steroid dienone is 1. The molecule has 148 valence electrons. The van der Waals surface area contributed by atoms with Crippen LogP contribution in [0.1, 0.15) is 15.9 Å². The van der Waals surface area contributed by atoms with Crippen molar-refractivity contribution in [1.82, 2.24) is 0 Å². The maximum atomic E-state index is 14.2. The molecule has 8 heteroatoms. The van der Waals surface area contributed by atoms with Gasteiger partial charge in [0.05, 0.1) is 4.90 Å². The van der Waals surface area contributed by atoms with Gasteiger partial charge in [-0.1, -0.05) is 27.5 Å². The van der Waals surface area contributed by atoms with Crippen LogP contribution in [-0.4, -0.2) is 14.2 Å². The van der Waals surface area contributed by atoms with Crippen molar-refractivity contribution in [2.75, 3.05) is 0 Å². The van der Waals surface area contributed by atoms with Crippen LogP contribution in [0.25, 0.3) is 6.08 Å². The Morgan fingerprint density at radius 2 is 1.55 bits per heavy atom. The van der Waals surface area contributed by atoms with Crippen molar-refractivity contribution in [3.63, 3.8) is 0 Å². The lowest BCUT2D eigenvalue weighted by molar-refractivity contribution is 0.104. The van der Waals surface area contributed by atoms with E-state index in [1.807, 2.05) is 0 Å². The molecule has 3 nitrogen and oxygen atoms in total. The van der Waals surface area contributed by atoms with Crippen LogP contribution >= 0.6 is 27.5 Å². The van der Waals surface area contributed by atoms with Gasteiger partial charge in [0.1, 0.15) is 16.5 Å². The molecule has 0 saturated carbocycles. The molecule has 0 aliphatic rings. The number of carbonyl (C=O) groups is 1. The first-order valence-electron chi connectivity index (χ1n) is 8.16. The monoisotopic (exact) mass is 496 g/mol. The number of halogens is 4. The molecular formula is C21H12BrClF2O3S. The molecule has 0 fully saturated rings. The van der Waals surface area contributed by atoms with E-state index in [1.54, 1.807) is 12.1 Å². The van der Waals surface area contributed by atoms with Gasteiger partial charge in [-0.05, 0) is 66.7 Å². The molecule has 3 aromatic rings. The van der Waals surface area contributed by atoms with Crippen LogP contribution in [0.5, 0.6) is 0 Å². The Labute approximate surface area is 179 Å². The van der Waals surface area contributed by atoms with E-state index in [4.69, 9.17) is 11.6 Å².